The number of nitrogens with one attached hydrogen (secondary N) is 1. The molecule has 162 valence electrons. The second kappa shape index (κ2) is 8.81. The Balaban J connectivity index is 1.92. The Labute approximate surface area is 183 Å². The average Bonchev–Trinajstić information content (AvgIpc) is 2.66. The van der Waals surface area contributed by atoms with Gasteiger partial charge in [-0.2, -0.15) is 0 Å². The lowest BCUT2D eigenvalue weighted by Gasteiger charge is -2.23. The molecule has 1 amide bonds. The maximum absolute atomic E-state index is 13.0. The molecule has 7 nitrogen and oxygen atoms in total. The maximum Gasteiger partial charge on any atom is 0.408 e. The van der Waals surface area contributed by atoms with Gasteiger partial charge in [0.1, 0.15) is 11.2 Å². The summed E-state index contributed by atoms with van der Waals surface area (Å²) in [5, 5.41) is 3.31. The number of halogens is 1. The summed E-state index contributed by atoms with van der Waals surface area (Å²) in [6, 6.07) is 11.7. The van der Waals surface area contributed by atoms with Crippen molar-refractivity contribution < 1.29 is 23.5 Å². The molecule has 0 aliphatic heterocycles. The first-order chi connectivity index (χ1) is 14.5. The van der Waals surface area contributed by atoms with Crippen LogP contribution in [0.25, 0.3) is 11.0 Å². The topological polar surface area (TPSA) is 94.8 Å². The third kappa shape index (κ3) is 5.64. The summed E-state index contributed by atoms with van der Waals surface area (Å²) < 4.78 is 15.9. The van der Waals surface area contributed by atoms with Crippen molar-refractivity contribution in [2.45, 2.75) is 39.3 Å². The number of carbonyl (C=O) groups excluding carboxylic acids is 2. The molecular weight excluding hydrogens is 422 g/mol. The van der Waals surface area contributed by atoms with Crippen LogP contribution in [0.4, 0.5) is 4.79 Å². The molecule has 31 heavy (non-hydrogen) atoms. The molecule has 0 aliphatic carbocycles. The summed E-state index contributed by atoms with van der Waals surface area (Å²) in [5.41, 5.74) is 0.135. The van der Waals surface area contributed by atoms with E-state index in [1.165, 1.54) is 12.1 Å². The first-order valence-corrected chi connectivity index (χ1v) is 9.91. The van der Waals surface area contributed by atoms with Gasteiger partial charge in [-0.05, 0) is 44.9 Å². The molecule has 8 heteroatoms. The summed E-state index contributed by atoms with van der Waals surface area (Å²) >= 11 is 6.29. The quantitative estimate of drug-likeness (QED) is 0.349. The molecule has 1 heterocycles. The predicted octanol–water partition coefficient (Wildman–Crippen LogP) is 4.93. The summed E-state index contributed by atoms with van der Waals surface area (Å²) in [6.07, 6.45) is -0.774. The number of benzene rings is 2. The van der Waals surface area contributed by atoms with Crippen LogP contribution in [-0.4, -0.2) is 17.7 Å². The molecule has 3 rings (SSSR count). The van der Waals surface area contributed by atoms with Crippen LogP contribution in [0.5, 0.6) is 5.75 Å². The van der Waals surface area contributed by atoms with Gasteiger partial charge < -0.3 is 19.2 Å². The summed E-state index contributed by atoms with van der Waals surface area (Å²) in [5.74, 6) is -0.784. The van der Waals surface area contributed by atoms with E-state index in [1.54, 1.807) is 64.1 Å². The highest BCUT2D eigenvalue weighted by molar-refractivity contribution is 6.33. The van der Waals surface area contributed by atoms with Crippen LogP contribution >= 0.6 is 11.6 Å². The van der Waals surface area contributed by atoms with E-state index in [9.17, 15) is 14.4 Å². The van der Waals surface area contributed by atoms with Gasteiger partial charge in [-0.3, -0.25) is 0 Å². The fourth-order valence-corrected chi connectivity index (χ4v) is 3.12. The van der Waals surface area contributed by atoms with E-state index in [0.29, 0.717) is 16.5 Å². The van der Waals surface area contributed by atoms with Crippen molar-refractivity contribution in [2.75, 3.05) is 0 Å². The number of aryl methyl sites for hydroxylation is 1. The Morgan fingerprint density at radius 2 is 1.77 bits per heavy atom. The molecule has 2 aromatic carbocycles. The molecule has 1 atom stereocenters. The fourth-order valence-electron chi connectivity index (χ4n) is 2.91. The zero-order valence-electron chi connectivity index (χ0n) is 17.5. The lowest BCUT2D eigenvalue weighted by atomic mass is 10.1. The number of alkyl carbamates (subject to hydrolysis) is 1. The van der Waals surface area contributed by atoms with E-state index in [2.05, 4.69) is 5.32 Å². The van der Waals surface area contributed by atoms with Crippen molar-refractivity contribution in [1.29, 1.82) is 0 Å². The summed E-state index contributed by atoms with van der Waals surface area (Å²) in [4.78, 5) is 37.0. The van der Waals surface area contributed by atoms with Gasteiger partial charge in [-0.25, -0.2) is 14.4 Å². The number of esters is 1. The Morgan fingerprint density at radius 3 is 2.42 bits per heavy atom. The summed E-state index contributed by atoms with van der Waals surface area (Å²) in [7, 11) is 0. The van der Waals surface area contributed by atoms with E-state index in [0.717, 1.165) is 0 Å². The molecular formula is C23H22ClNO6. The lowest BCUT2D eigenvalue weighted by molar-refractivity contribution is -0.137. The van der Waals surface area contributed by atoms with Gasteiger partial charge in [0.2, 0.25) is 0 Å². The highest BCUT2D eigenvalue weighted by Crippen LogP contribution is 2.32. The van der Waals surface area contributed by atoms with Crippen molar-refractivity contribution >= 4 is 34.6 Å². The minimum atomic E-state index is -1.15. The van der Waals surface area contributed by atoms with Gasteiger partial charge in [0, 0.05) is 17.5 Å². The molecule has 0 aliphatic rings. The van der Waals surface area contributed by atoms with Gasteiger partial charge in [0.05, 0.1) is 5.02 Å². The van der Waals surface area contributed by atoms with Crippen LogP contribution in [0.3, 0.4) is 0 Å². The van der Waals surface area contributed by atoms with Crippen molar-refractivity contribution in [1.82, 2.24) is 5.32 Å². The number of hydrogen-bond acceptors (Lipinski definition) is 6. The highest BCUT2D eigenvalue weighted by atomic mass is 35.5. The molecule has 0 bridgehead atoms. The minimum Gasteiger partial charge on any atom is -0.444 e. The molecule has 0 saturated carbocycles. The fraction of sp³-hybridized carbons (Fsp3) is 0.261. The molecule has 0 radical (unpaired) electrons. The monoisotopic (exact) mass is 443 g/mol. The largest absolute Gasteiger partial charge is 0.444 e. The van der Waals surface area contributed by atoms with Gasteiger partial charge in [0.15, 0.2) is 11.8 Å². The van der Waals surface area contributed by atoms with Gasteiger partial charge in [-0.1, -0.05) is 41.9 Å². The number of hydrogen-bond donors (Lipinski definition) is 1. The predicted molar refractivity (Wildman–Crippen MR) is 116 cm³/mol. The first kappa shape index (κ1) is 22.4. The molecule has 0 saturated heterocycles. The van der Waals surface area contributed by atoms with Crippen LogP contribution in [0.15, 0.2) is 57.7 Å². The molecule has 0 unspecified atom stereocenters. The zero-order valence-corrected chi connectivity index (χ0v) is 18.3. The molecule has 0 spiro atoms. The number of fused-ring (bicyclic) bond motifs is 1. The Kier molecular flexibility index (Phi) is 6.36. The Bertz CT molecular complexity index is 1180. The third-order valence-corrected chi connectivity index (χ3v) is 4.54. The molecule has 3 aromatic rings. The lowest BCUT2D eigenvalue weighted by Crippen LogP contribution is -2.39. The first-order valence-electron chi connectivity index (χ1n) is 9.53. The van der Waals surface area contributed by atoms with Gasteiger partial charge in [0.25, 0.3) is 0 Å². The van der Waals surface area contributed by atoms with Crippen LogP contribution in [-0.2, 0) is 9.53 Å². The number of ether oxygens (including phenoxy) is 2. The molecule has 1 aromatic heterocycles. The average molecular weight is 444 g/mol. The van der Waals surface area contributed by atoms with Crippen molar-refractivity contribution in [2.24, 2.45) is 0 Å². The Hall–Kier alpha value is -3.32. The maximum atomic E-state index is 13.0. The van der Waals surface area contributed by atoms with Crippen LogP contribution in [0, 0.1) is 6.92 Å². The Morgan fingerprint density at radius 1 is 1.10 bits per heavy atom. The normalized spacial score (nSPS) is 12.3. The van der Waals surface area contributed by atoms with E-state index in [4.69, 9.17) is 25.5 Å². The minimum absolute atomic E-state index is 0.000151. The third-order valence-electron chi connectivity index (χ3n) is 4.24. The van der Waals surface area contributed by atoms with Crippen LogP contribution < -0.4 is 15.7 Å². The second-order valence-corrected chi connectivity index (χ2v) is 8.35. The van der Waals surface area contributed by atoms with Crippen molar-refractivity contribution in [3.05, 3.63) is 75.1 Å². The van der Waals surface area contributed by atoms with Crippen LogP contribution in [0.1, 0.15) is 37.9 Å². The van der Waals surface area contributed by atoms with Crippen molar-refractivity contribution in [3.8, 4) is 5.75 Å². The van der Waals surface area contributed by atoms with Gasteiger partial charge in [-0.15, -0.1) is 0 Å². The number of rotatable bonds is 4. The zero-order chi connectivity index (χ0) is 22.8. The van der Waals surface area contributed by atoms with E-state index in [1.807, 2.05) is 0 Å². The number of carbonyl (C=O) groups is 2. The van der Waals surface area contributed by atoms with Crippen molar-refractivity contribution in [3.63, 3.8) is 0 Å². The molecule has 0 fully saturated rings. The van der Waals surface area contributed by atoms with E-state index >= 15 is 0 Å². The van der Waals surface area contributed by atoms with Crippen LogP contribution in [0.2, 0.25) is 5.02 Å². The highest BCUT2D eigenvalue weighted by Gasteiger charge is 2.28. The van der Waals surface area contributed by atoms with Gasteiger partial charge >= 0.3 is 17.7 Å². The molecule has 1 N–H and O–H groups in total. The smallest absolute Gasteiger partial charge is 0.408 e. The SMILES string of the molecule is Cc1cc(=O)oc2cc(OC(=O)[C@@H](NC(=O)OC(C)(C)C)c3ccccc3)c(Cl)cc12. The number of amides is 1. The van der Waals surface area contributed by atoms with E-state index < -0.39 is 29.3 Å². The summed E-state index contributed by atoms with van der Waals surface area (Å²) in [6.45, 7) is 6.89. The van der Waals surface area contributed by atoms with E-state index in [-0.39, 0.29) is 16.4 Å². The standard InChI is InChI=1S/C23H22ClNO6/c1-13-10-19(26)29-17-12-18(16(24)11-15(13)17)30-21(27)20(14-8-6-5-7-9-14)25-22(28)31-23(2,3)4/h5-12,20H,1-4H3,(H,25,28)/t20-/m0/s1. The second-order valence-electron chi connectivity index (χ2n) is 7.94.